The summed E-state index contributed by atoms with van der Waals surface area (Å²) in [7, 11) is 0. The lowest BCUT2D eigenvalue weighted by atomic mass is 10.1. The standard InChI is InChI=1S/C32H28FN5O3/c33-24-7-5-8-25(20-24)36-14-16-37(17-15-36)32(40)23-12-13-29-28(19-23)35-31(38(29)21-30(34)39)22-6-4-11-27(18-22)41-26-9-2-1-3-10-26/h1-13,18-20H,14-17,21H2,(H2,34,39). The predicted molar refractivity (Wildman–Crippen MR) is 155 cm³/mol. The van der Waals surface area contributed by atoms with Gasteiger partial charge in [-0.15, -0.1) is 0 Å². The van der Waals surface area contributed by atoms with E-state index >= 15 is 0 Å². The van der Waals surface area contributed by atoms with E-state index in [2.05, 4.69) is 4.90 Å². The molecule has 0 radical (unpaired) electrons. The van der Waals surface area contributed by atoms with Gasteiger partial charge in [0.2, 0.25) is 5.91 Å². The molecule has 2 N–H and O–H groups in total. The molecule has 8 nitrogen and oxygen atoms in total. The van der Waals surface area contributed by atoms with Crippen LogP contribution in [0.5, 0.6) is 11.5 Å². The summed E-state index contributed by atoms with van der Waals surface area (Å²) in [5.41, 5.74) is 8.94. The maximum atomic E-state index is 13.7. The number of fused-ring (bicyclic) bond motifs is 1. The van der Waals surface area contributed by atoms with Crippen molar-refractivity contribution in [1.29, 1.82) is 0 Å². The Morgan fingerprint density at radius 1 is 0.829 bits per heavy atom. The van der Waals surface area contributed by atoms with E-state index in [-0.39, 0.29) is 18.3 Å². The van der Waals surface area contributed by atoms with Gasteiger partial charge in [0.05, 0.1) is 11.0 Å². The number of anilines is 1. The number of aromatic nitrogens is 2. The number of para-hydroxylation sites is 1. The maximum absolute atomic E-state index is 13.7. The van der Waals surface area contributed by atoms with Crippen molar-refractivity contribution in [2.45, 2.75) is 6.54 Å². The third-order valence-electron chi connectivity index (χ3n) is 7.12. The minimum absolute atomic E-state index is 0.0645. The Morgan fingerprint density at radius 3 is 2.34 bits per heavy atom. The Labute approximate surface area is 236 Å². The fraction of sp³-hybridized carbons (Fsp3) is 0.156. The van der Waals surface area contributed by atoms with Gasteiger partial charge in [-0.25, -0.2) is 9.37 Å². The Kier molecular flexibility index (Phi) is 7.08. The molecule has 1 aliphatic heterocycles. The zero-order chi connectivity index (χ0) is 28.3. The Morgan fingerprint density at radius 2 is 1.59 bits per heavy atom. The first-order valence-electron chi connectivity index (χ1n) is 13.4. The lowest BCUT2D eigenvalue weighted by Gasteiger charge is -2.36. The number of imidazole rings is 1. The van der Waals surface area contributed by atoms with E-state index in [9.17, 15) is 14.0 Å². The highest BCUT2D eigenvalue weighted by molar-refractivity contribution is 5.98. The second-order valence-corrected chi connectivity index (χ2v) is 9.89. The molecule has 9 heteroatoms. The molecule has 1 saturated heterocycles. The second kappa shape index (κ2) is 11.1. The normalized spacial score (nSPS) is 13.4. The number of primary amides is 1. The van der Waals surface area contributed by atoms with E-state index in [0.717, 1.165) is 11.3 Å². The van der Waals surface area contributed by atoms with E-state index in [1.165, 1.54) is 12.1 Å². The molecule has 0 spiro atoms. The Bertz CT molecular complexity index is 1730. The van der Waals surface area contributed by atoms with E-state index < -0.39 is 5.91 Å². The van der Waals surface area contributed by atoms with Crippen LogP contribution >= 0.6 is 0 Å². The number of carbonyl (C=O) groups excluding carboxylic acids is 2. The number of amides is 2. The van der Waals surface area contributed by atoms with Crippen LogP contribution in [0.25, 0.3) is 22.4 Å². The number of piperazine rings is 1. The van der Waals surface area contributed by atoms with E-state index in [0.29, 0.717) is 60.1 Å². The zero-order valence-electron chi connectivity index (χ0n) is 22.2. The van der Waals surface area contributed by atoms with Gasteiger partial charge in [0, 0.05) is 43.0 Å². The number of hydrogen-bond acceptors (Lipinski definition) is 5. The van der Waals surface area contributed by atoms with Gasteiger partial charge >= 0.3 is 0 Å². The lowest BCUT2D eigenvalue weighted by molar-refractivity contribution is -0.118. The summed E-state index contributed by atoms with van der Waals surface area (Å²) < 4.78 is 21.4. The monoisotopic (exact) mass is 549 g/mol. The molecule has 0 atom stereocenters. The van der Waals surface area contributed by atoms with Crippen LogP contribution in [-0.2, 0) is 11.3 Å². The summed E-state index contributed by atoms with van der Waals surface area (Å²) in [5.74, 6) is 0.994. The molecule has 206 valence electrons. The molecule has 0 aliphatic carbocycles. The van der Waals surface area contributed by atoms with Gasteiger partial charge in [-0.2, -0.15) is 0 Å². The molecule has 1 fully saturated rings. The van der Waals surface area contributed by atoms with Crippen LogP contribution in [0.15, 0.2) is 97.1 Å². The van der Waals surface area contributed by atoms with Crippen LogP contribution in [-0.4, -0.2) is 52.4 Å². The fourth-order valence-corrected chi connectivity index (χ4v) is 5.15. The van der Waals surface area contributed by atoms with Crippen molar-refractivity contribution >= 4 is 28.5 Å². The van der Waals surface area contributed by atoms with Crippen molar-refractivity contribution in [3.05, 3.63) is 108 Å². The maximum Gasteiger partial charge on any atom is 0.254 e. The van der Waals surface area contributed by atoms with E-state index in [1.807, 2.05) is 60.7 Å². The smallest absolute Gasteiger partial charge is 0.254 e. The van der Waals surface area contributed by atoms with Gasteiger partial charge in [-0.1, -0.05) is 36.4 Å². The van der Waals surface area contributed by atoms with Crippen LogP contribution in [0.1, 0.15) is 10.4 Å². The first-order valence-corrected chi connectivity index (χ1v) is 13.4. The van der Waals surface area contributed by atoms with Gasteiger partial charge in [-0.3, -0.25) is 9.59 Å². The number of ether oxygens (including phenoxy) is 1. The summed E-state index contributed by atoms with van der Waals surface area (Å²) >= 11 is 0. The van der Waals surface area contributed by atoms with E-state index in [4.69, 9.17) is 15.5 Å². The predicted octanol–water partition coefficient (Wildman–Crippen LogP) is 5.08. The zero-order valence-corrected chi connectivity index (χ0v) is 22.2. The third-order valence-corrected chi connectivity index (χ3v) is 7.12. The third kappa shape index (κ3) is 5.60. The van der Waals surface area contributed by atoms with Gasteiger partial charge in [0.1, 0.15) is 29.7 Å². The number of nitrogens with two attached hydrogens (primary N) is 1. The minimum Gasteiger partial charge on any atom is -0.457 e. The number of benzene rings is 4. The van der Waals surface area contributed by atoms with Gasteiger partial charge in [0.15, 0.2) is 0 Å². The lowest BCUT2D eigenvalue weighted by Crippen LogP contribution is -2.48. The van der Waals surface area contributed by atoms with Crippen molar-refractivity contribution in [2.75, 3.05) is 31.1 Å². The molecular formula is C32H28FN5O3. The first-order chi connectivity index (χ1) is 19.9. The van der Waals surface area contributed by atoms with Crippen LogP contribution in [0.2, 0.25) is 0 Å². The summed E-state index contributed by atoms with van der Waals surface area (Å²) in [5, 5.41) is 0. The highest BCUT2D eigenvalue weighted by atomic mass is 19.1. The Hall–Kier alpha value is -5.18. The van der Waals surface area contributed by atoms with Crippen LogP contribution < -0.4 is 15.4 Å². The molecule has 4 aromatic carbocycles. The highest BCUT2D eigenvalue weighted by Crippen LogP contribution is 2.30. The SMILES string of the molecule is NC(=O)Cn1c(-c2cccc(Oc3ccccc3)c2)nc2cc(C(=O)N3CCN(c4cccc(F)c4)CC3)ccc21. The molecular weight excluding hydrogens is 521 g/mol. The summed E-state index contributed by atoms with van der Waals surface area (Å²) in [6.45, 7) is 2.18. The molecule has 5 aromatic rings. The molecule has 2 amide bonds. The minimum atomic E-state index is -0.501. The van der Waals surface area contributed by atoms with Crippen LogP contribution in [0, 0.1) is 5.82 Å². The first kappa shape index (κ1) is 26.1. The van der Waals surface area contributed by atoms with Crippen LogP contribution in [0.3, 0.4) is 0 Å². The average molecular weight is 550 g/mol. The molecule has 1 aliphatic rings. The molecule has 0 unspecified atom stereocenters. The van der Waals surface area contributed by atoms with Gasteiger partial charge in [0.25, 0.3) is 5.91 Å². The number of carbonyl (C=O) groups is 2. The molecule has 2 heterocycles. The summed E-state index contributed by atoms with van der Waals surface area (Å²) in [6.07, 6.45) is 0. The van der Waals surface area contributed by atoms with Crippen molar-refractivity contribution in [3.63, 3.8) is 0 Å². The van der Waals surface area contributed by atoms with Crippen molar-refractivity contribution in [3.8, 4) is 22.9 Å². The number of hydrogen-bond donors (Lipinski definition) is 1. The van der Waals surface area contributed by atoms with E-state index in [1.54, 1.807) is 33.7 Å². The molecule has 1 aromatic heterocycles. The highest BCUT2D eigenvalue weighted by Gasteiger charge is 2.24. The number of nitrogens with zero attached hydrogens (tertiary/aromatic N) is 4. The van der Waals surface area contributed by atoms with Gasteiger partial charge < -0.3 is 24.8 Å². The molecule has 6 rings (SSSR count). The Balaban J connectivity index is 1.26. The summed E-state index contributed by atoms with van der Waals surface area (Å²) in [4.78, 5) is 34.1. The second-order valence-electron chi connectivity index (χ2n) is 9.89. The van der Waals surface area contributed by atoms with Crippen molar-refractivity contribution in [1.82, 2.24) is 14.5 Å². The van der Waals surface area contributed by atoms with Crippen LogP contribution in [0.4, 0.5) is 10.1 Å². The molecule has 0 bridgehead atoms. The average Bonchev–Trinajstić information content (AvgIpc) is 3.34. The van der Waals surface area contributed by atoms with Gasteiger partial charge in [-0.05, 0) is 60.7 Å². The number of rotatable bonds is 7. The fourth-order valence-electron chi connectivity index (χ4n) is 5.15. The molecule has 0 saturated carbocycles. The topological polar surface area (TPSA) is 93.7 Å². The quantitative estimate of drug-likeness (QED) is 0.306. The largest absolute Gasteiger partial charge is 0.457 e. The summed E-state index contributed by atoms with van der Waals surface area (Å²) in [6, 6.07) is 28.7. The van der Waals surface area contributed by atoms with Crippen molar-refractivity contribution in [2.24, 2.45) is 5.73 Å². The molecule has 41 heavy (non-hydrogen) atoms. The van der Waals surface area contributed by atoms with Crippen molar-refractivity contribution < 1.29 is 18.7 Å². The number of halogens is 1.